The molecule has 0 fully saturated rings. The van der Waals surface area contributed by atoms with Crippen LogP contribution >= 0.6 is 0 Å². The van der Waals surface area contributed by atoms with Crippen LogP contribution in [0.5, 0.6) is 11.6 Å². The van der Waals surface area contributed by atoms with Crippen molar-refractivity contribution >= 4 is 23.2 Å². The number of nitrogens with zero attached hydrogens (tertiary/aromatic N) is 2. The van der Waals surface area contributed by atoms with E-state index in [1.165, 1.54) is 4.90 Å². The van der Waals surface area contributed by atoms with Gasteiger partial charge in [0.05, 0.1) is 5.69 Å². The molecule has 6 heteroatoms. The summed E-state index contributed by atoms with van der Waals surface area (Å²) in [7, 11) is 1.78. The molecular weight excluding hydrogens is 376 g/mol. The van der Waals surface area contributed by atoms with Gasteiger partial charge in [0.2, 0.25) is 5.88 Å². The summed E-state index contributed by atoms with van der Waals surface area (Å²) in [5.41, 5.74) is 8.86. The number of hydrogen-bond donors (Lipinski definition) is 2. The number of carbonyl (C=O) groups is 1. The average Bonchev–Trinajstić information content (AvgIpc) is 2.70. The number of urea groups is 1. The van der Waals surface area contributed by atoms with Crippen molar-refractivity contribution in [2.75, 3.05) is 17.3 Å². The van der Waals surface area contributed by atoms with E-state index in [4.69, 9.17) is 10.5 Å². The van der Waals surface area contributed by atoms with E-state index in [-0.39, 0.29) is 11.3 Å². The Labute approximate surface area is 177 Å². The van der Waals surface area contributed by atoms with Crippen molar-refractivity contribution in [1.82, 2.24) is 4.98 Å². The van der Waals surface area contributed by atoms with Gasteiger partial charge in [-0.3, -0.25) is 4.90 Å². The molecule has 1 aromatic heterocycles. The molecule has 0 bridgehead atoms. The van der Waals surface area contributed by atoms with Crippen LogP contribution in [0.2, 0.25) is 0 Å². The van der Waals surface area contributed by atoms with Gasteiger partial charge in [-0.2, -0.15) is 4.98 Å². The van der Waals surface area contributed by atoms with E-state index in [0.29, 0.717) is 22.9 Å². The number of ether oxygens (including phenoxy) is 1. The summed E-state index contributed by atoms with van der Waals surface area (Å²) in [6.07, 6.45) is 0. The quantitative estimate of drug-likeness (QED) is 0.568. The second-order valence-corrected chi connectivity index (χ2v) is 8.13. The van der Waals surface area contributed by atoms with Crippen LogP contribution in [0, 0.1) is 6.92 Å². The summed E-state index contributed by atoms with van der Waals surface area (Å²) in [5, 5.41) is 3.01. The molecule has 0 aliphatic rings. The lowest BCUT2D eigenvalue weighted by molar-refractivity contribution is 0.256. The number of para-hydroxylation sites is 1. The van der Waals surface area contributed by atoms with E-state index in [1.54, 1.807) is 19.2 Å². The average molecular weight is 405 g/mol. The second kappa shape index (κ2) is 8.45. The number of anilines is 3. The van der Waals surface area contributed by atoms with Crippen molar-refractivity contribution in [2.24, 2.45) is 5.73 Å². The number of rotatable bonds is 5. The predicted octanol–water partition coefficient (Wildman–Crippen LogP) is 5.74. The summed E-state index contributed by atoms with van der Waals surface area (Å²) >= 11 is 0. The number of amides is 2. The fourth-order valence-corrected chi connectivity index (χ4v) is 3.18. The lowest BCUT2D eigenvalue weighted by Crippen LogP contribution is -2.32. The van der Waals surface area contributed by atoms with Crippen LogP contribution in [-0.2, 0) is 5.41 Å². The highest BCUT2D eigenvalue weighted by Crippen LogP contribution is 2.39. The van der Waals surface area contributed by atoms with E-state index in [2.05, 4.69) is 31.1 Å². The topological polar surface area (TPSA) is 80.5 Å². The Hall–Kier alpha value is -3.54. The van der Waals surface area contributed by atoms with Crippen LogP contribution < -0.4 is 20.7 Å². The molecule has 2 amide bonds. The summed E-state index contributed by atoms with van der Waals surface area (Å²) in [5.74, 6) is 1.59. The Morgan fingerprint density at radius 1 is 1.03 bits per heavy atom. The first kappa shape index (κ1) is 21.2. The predicted molar refractivity (Wildman–Crippen MR) is 122 cm³/mol. The van der Waals surface area contributed by atoms with Crippen molar-refractivity contribution in [2.45, 2.75) is 33.1 Å². The first-order valence-corrected chi connectivity index (χ1v) is 9.83. The highest BCUT2D eigenvalue weighted by molar-refractivity contribution is 5.99. The van der Waals surface area contributed by atoms with Gasteiger partial charge in [-0.1, -0.05) is 56.7 Å². The lowest BCUT2D eigenvalue weighted by Gasteiger charge is -2.25. The molecule has 2 aromatic carbocycles. The third-order valence-electron chi connectivity index (χ3n) is 4.75. The van der Waals surface area contributed by atoms with Gasteiger partial charge in [-0.15, -0.1) is 0 Å². The molecule has 0 atom stereocenters. The summed E-state index contributed by atoms with van der Waals surface area (Å²) in [4.78, 5) is 18.4. The Kier molecular flexibility index (Phi) is 5.96. The van der Waals surface area contributed by atoms with E-state index < -0.39 is 6.03 Å². The maximum absolute atomic E-state index is 12.4. The van der Waals surface area contributed by atoms with E-state index in [1.807, 2.05) is 55.5 Å². The van der Waals surface area contributed by atoms with Crippen LogP contribution in [0.4, 0.5) is 22.0 Å². The number of nitrogens with two attached hydrogens (primary N) is 1. The highest BCUT2D eigenvalue weighted by atomic mass is 16.5. The fourth-order valence-electron chi connectivity index (χ4n) is 3.18. The van der Waals surface area contributed by atoms with Crippen LogP contribution in [0.1, 0.15) is 31.9 Å². The van der Waals surface area contributed by atoms with Gasteiger partial charge in [-0.05, 0) is 42.7 Å². The Bertz CT molecular complexity index is 1040. The first-order chi connectivity index (χ1) is 14.2. The van der Waals surface area contributed by atoms with Crippen molar-refractivity contribution in [3.63, 3.8) is 0 Å². The number of benzene rings is 2. The molecule has 1 heterocycles. The minimum Gasteiger partial charge on any atom is -0.437 e. The number of aryl methyl sites for hydroxylation is 1. The van der Waals surface area contributed by atoms with Crippen molar-refractivity contribution < 1.29 is 9.53 Å². The van der Waals surface area contributed by atoms with Crippen LogP contribution in [0.15, 0.2) is 60.7 Å². The van der Waals surface area contributed by atoms with E-state index >= 15 is 0 Å². The van der Waals surface area contributed by atoms with Crippen molar-refractivity contribution in [1.29, 1.82) is 0 Å². The molecular formula is C24H28N4O2. The van der Waals surface area contributed by atoms with E-state index in [9.17, 15) is 4.79 Å². The fraction of sp³-hybridized carbons (Fsp3) is 0.250. The zero-order valence-corrected chi connectivity index (χ0v) is 18.1. The van der Waals surface area contributed by atoms with Crippen molar-refractivity contribution in [3.8, 4) is 11.6 Å². The molecule has 3 rings (SSSR count). The molecule has 30 heavy (non-hydrogen) atoms. The number of primary amides is 1. The third kappa shape index (κ3) is 4.54. The SMILES string of the molecule is CNc1ccc(N(C(N)=O)c2ccc(C)cc2)c(Oc2ccccc2C(C)(C)C)n1. The molecule has 156 valence electrons. The van der Waals surface area contributed by atoms with Gasteiger partial charge in [-0.25, -0.2) is 4.79 Å². The summed E-state index contributed by atoms with van der Waals surface area (Å²) < 4.78 is 6.29. The monoisotopic (exact) mass is 404 g/mol. The molecule has 0 saturated carbocycles. The molecule has 0 unspecified atom stereocenters. The lowest BCUT2D eigenvalue weighted by atomic mass is 9.86. The van der Waals surface area contributed by atoms with Crippen molar-refractivity contribution in [3.05, 3.63) is 71.8 Å². The van der Waals surface area contributed by atoms with Gasteiger partial charge < -0.3 is 15.8 Å². The second-order valence-electron chi connectivity index (χ2n) is 8.13. The number of nitrogens with one attached hydrogen (secondary N) is 1. The molecule has 6 nitrogen and oxygen atoms in total. The standard InChI is InChI=1S/C24H28N4O2/c1-16-10-12-17(13-11-16)28(23(25)29)19-14-15-21(26-5)27-22(19)30-20-9-7-6-8-18(20)24(2,3)4/h6-15H,1-5H3,(H2,25,29)(H,26,27). The van der Waals surface area contributed by atoms with Gasteiger partial charge in [0.1, 0.15) is 17.3 Å². The Balaban J connectivity index is 2.14. The molecule has 0 saturated heterocycles. The number of pyridine rings is 1. The Morgan fingerprint density at radius 3 is 2.30 bits per heavy atom. The third-order valence-corrected chi connectivity index (χ3v) is 4.75. The number of aromatic nitrogens is 1. The van der Waals surface area contributed by atoms with Crippen LogP contribution in [0.3, 0.4) is 0 Å². The van der Waals surface area contributed by atoms with Crippen LogP contribution in [-0.4, -0.2) is 18.1 Å². The van der Waals surface area contributed by atoms with Gasteiger partial charge in [0.25, 0.3) is 0 Å². The zero-order chi connectivity index (χ0) is 21.9. The minimum atomic E-state index is -0.619. The smallest absolute Gasteiger partial charge is 0.324 e. The largest absolute Gasteiger partial charge is 0.437 e. The molecule has 0 radical (unpaired) electrons. The molecule has 3 aromatic rings. The van der Waals surface area contributed by atoms with Gasteiger partial charge in [0, 0.05) is 12.6 Å². The normalized spacial score (nSPS) is 11.1. The minimum absolute atomic E-state index is 0.127. The van der Waals surface area contributed by atoms with E-state index in [0.717, 1.165) is 11.1 Å². The zero-order valence-electron chi connectivity index (χ0n) is 18.1. The molecule has 0 aliphatic carbocycles. The highest BCUT2D eigenvalue weighted by Gasteiger charge is 2.24. The number of carbonyl (C=O) groups excluding carboxylic acids is 1. The first-order valence-electron chi connectivity index (χ1n) is 9.83. The number of hydrogen-bond acceptors (Lipinski definition) is 4. The molecule has 0 spiro atoms. The molecule has 3 N–H and O–H groups in total. The molecule has 0 aliphatic heterocycles. The van der Waals surface area contributed by atoms with Crippen LogP contribution in [0.25, 0.3) is 0 Å². The summed E-state index contributed by atoms with van der Waals surface area (Å²) in [6.45, 7) is 8.35. The van der Waals surface area contributed by atoms with Gasteiger partial charge >= 0.3 is 6.03 Å². The summed E-state index contributed by atoms with van der Waals surface area (Å²) in [6, 6.07) is 18.3. The van der Waals surface area contributed by atoms with Gasteiger partial charge in [0.15, 0.2) is 0 Å². The maximum atomic E-state index is 12.4. The Morgan fingerprint density at radius 2 is 1.70 bits per heavy atom. The maximum Gasteiger partial charge on any atom is 0.324 e.